The number of aliphatic hydroxyl groups excluding tert-OH is 1. The fraction of sp³-hybridized carbons (Fsp3) is 0.235. The van der Waals surface area contributed by atoms with E-state index >= 15 is 0 Å². The molecule has 0 radical (unpaired) electrons. The number of ether oxygens (including phenoxy) is 1. The fourth-order valence-electron chi connectivity index (χ4n) is 2.19. The molecule has 0 spiro atoms. The summed E-state index contributed by atoms with van der Waals surface area (Å²) >= 11 is 1.66. The van der Waals surface area contributed by atoms with Crippen LogP contribution in [0.2, 0.25) is 0 Å². The van der Waals surface area contributed by atoms with E-state index in [4.69, 9.17) is 4.74 Å². The zero-order valence-electron chi connectivity index (χ0n) is 12.1. The van der Waals surface area contributed by atoms with E-state index in [0.29, 0.717) is 19.8 Å². The van der Waals surface area contributed by atoms with Crippen molar-refractivity contribution in [1.82, 2.24) is 9.78 Å². The second-order valence-electron chi connectivity index (χ2n) is 5.04. The number of aliphatic hydroxyl groups is 1. The normalized spacial score (nSPS) is 12.4. The topological polar surface area (TPSA) is 47.3 Å². The van der Waals surface area contributed by atoms with Crippen molar-refractivity contribution in [3.63, 3.8) is 0 Å². The number of hydrogen-bond acceptors (Lipinski definition) is 4. The maximum atomic E-state index is 10.0. The summed E-state index contributed by atoms with van der Waals surface area (Å²) in [7, 11) is 0. The van der Waals surface area contributed by atoms with E-state index < -0.39 is 6.10 Å². The van der Waals surface area contributed by atoms with Crippen LogP contribution in [0.15, 0.2) is 60.1 Å². The molecule has 1 aromatic carbocycles. The van der Waals surface area contributed by atoms with Gasteiger partial charge in [-0.2, -0.15) is 5.10 Å². The Hall–Kier alpha value is -1.95. The van der Waals surface area contributed by atoms with E-state index in [1.807, 2.05) is 60.1 Å². The second kappa shape index (κ2) is 7.35. The van der Waals surface area contributed by atoms with E-state index in [1.165, 1.54) is 0 Å². The molecule has 0 aliphatic heterocycles. The van der Waals surface area contributed by atoms with Crippen molar-refractivity contribution in [2.45, 2.75) is 19.3 Å². The van der Waals surface area contributed by atoms with E-state index in [1.54, 1.807) is 16.0 Å². The molecule has 114 valence electrons. The van der Waals surface area contributed by atoms with Crippen LogP contribution in [0, 0.1) is 0 Å². The number of benzene rings is 1. The quantitative estimate of drug-likeness (QED) is 0.728. The summed E-state index contributed by atoms with van der Waals surface area (Å²) in [4.78, 5) is 1.16. The number of thiophene rings is 1. The summed E-state index contributed by atoms with van der Waals surface area (Å²) in [6.07, 6.45) is 1.31. The highest BCUT2D eigenvalue weighted by Crippen LogP contribution is 2.16. The number of aromatic nitrogens is 2. The Balaban J connectivity index is 1.49. The van der Waals surface area contributed by atoms with Crippen LogP contribution in [0.3, 0.4) is 0 Å². The molecule has 0 saturated carbocycles. The highest BCUT2D eigenvalue weighted by Gasteiger charge is 2.08. The molecule has 1 atom stereocenters. The minimum atomic E-state index is -0.566. The van der Waals surface area contributed by atoms with Gasteiger partial charge in [-0.1, -0.05) is 36.4 Å². The van der Waals surface area contributed by atoms with Crippen molar-refractivity contribution < 1.29 is 9.84 Å². The Kier molecular flexibility index (Phi) is 5.00. The molecule has 3 aromatic rings. The Labute approximate surface area is 133 Å². The van der Waals surface area contributed by atoms with E-state index in [-0.39, 0.29) is 0 Å². The van der Waals surface area contributed by atoms with Gasteiger partial charge in [0.25, 0.3) is 0 Å². The van der Waals surface area contributed by atoms with Crippen molar-refractivity contribution >= 4 is 11.3 Å². The van der Waals surface area contributed by atoms with Gasteiger partial charge in [-0.3, -0.25) is 4.68 Å². The number of hydrogen-bond donors (Lipinski definition) is 1. The molecule has 2 aromatic heterocycles. The van der Waals surface area contributed by atoms with Gasteiger partial charge in [-0.15, -0.1) is 11.3 Å². The third kappa shape index (κ3) is 4.04. The first-order valence-corrected chi connectivity index (χ1v) is 8.06. The Morgan fingerprint density at radius 1 is 1.14 bits per heavy atom. The van der Waals surface area contributed by atoms with E-state index in [2.05, 4.69) is 5.10 Å². The monoisotopic (exact) mass is 314 g/mol. The first kappa shape index (κ1) is 15.0. The Morgan fingerprint density at radius 2 is 2.00 bits per heavy atom. The lowest BCUT2D eigenvalue weighted by atomic mass is 10.2. The summed E-state index contributed by atoms with van der Waals surface area (Å²) < 4.78 is 7.27. The molecule has 22 heavy (non-hydrogen) atoms. The van der Waals surface area contributed by atoms with Crippen LogP contribution in [0.4, 0.5) is 0 Å². The largest absolute Gasteiger partial charge is 0.389 e. The predicted molar refractivity (Wildman–Crippen MR) is 87.6 cm³/mol. The third-order valence-electron chi connectivity index (χ3n) is 3.24. The SMILES string of the molecule is O[C@H](COCc1cccs1)Cn1ccc(-c2ccccc2)n1. The van der Waals surface area contributed by atoms with Crippen LogP contribution in [0.1, 0.15) is 4.88 Å². The van der Waals surface area contributed by atoms with E-state index in [9.17, 15) is 5.11 Å². The summed E-state index contributed by atoms with van der Waals surface area (Å²) in [6, 6.07) is 16.0. The molecule has 0 aliphatic rings. The summed E-state index contributed by atoms with van der Waals surface area (Å²) in [5.74, 6) is 0. The maximum absolute atomic E-state index is 10.0. The molecule has 4 nitrogen and oxygen atoms in total. The first-order chi connectivity index (χ1) is 10.8. The molecule has 2 heterocycles. The molecule has 0 aliphatic carbocycles. The lowest BCUT2D eigenvalue weighted by Gasteiger charge is -2.11. The van der Waals surface area contributed by atoms with Crippen molar-refractivity contribution in [2.75, 3.05) is 6.61 Å². The van der Waals surface area contributed by atoms with Crippen LogP contribution < -0.4 is 0 Å². The van der Waals surface area contributed by atoms with Gasteiger partial charge in [-0.05, 0) is 17.5 Å². The van der Waals surface area contributed by atoms with Crippen molar-refractivity contribution in [3.05, 3.63) is 65.0 Å². The minimum Gasteiger partial charge on any atom is -0.389 e. The predicted octanol–water partition coefficient (Wildman–Crippen LogP) is 3.19. The molecule has 0 fully saturated rings. The number of nitrogens with zero attached hydrogens (tertiary/aromatic N) is 2. The standard InChI is InChI=1S/C17H18N2O2S/c20-15(12-21-13-16-7-4-10-22-16)11-19-9-8-17(18-19)14-5-2-1-3-6-14/h1-10,15,20H,11-13H2/t15-/m0/s1. The molecule has 1 N–H and O–H groups in total. The smallest absolute Gasteiger partial charge is 0.0969 e. The number of rotatable bonds is 7. The lowest BCUT2D eigenvalue weighted by Crippen LogP contribution is -2.22. The van der Waals surface area contributed by atoms with Crippen LogP contribution in [0.25, 0.3) is 11.3 Å². The van der Waals surface area contributed by atoms with Gasteiger partial charge < -0.3 is 9.84 Å². The molecule has 0 unspecified atom stereocenters. The van der Waals surface area contributed by atoms with Crippen molar-refractivity contribution in [2.24, 2.45) is 0 Å². The molecule has 0 bridgehead atoms. The molecule has 3 rings (SSSR count). The minimum absolute atomic E-state index is 0.304. The van der Waals surface area contributed by atoms with Gasteiger partial charge in [0.1, 0.15) is 0 Å². The van der Waals surface area contributed by atoms with Gasteiger partial charge in [-0.25, -0.2) is 0 Å². The third-order valence-corrected chi connectivity index (χ3v) is 4.09. The van der Waals surface area contributed by atoms with Gasteiger partial charge in [0.05, 0.1) is 31.6 Å². The summed E-state index contributed by atoms with van der Waals surface area (Å²) in [5.41, 5.74) is 1.98. The van der Waals surface area contributed by atoms with Gasteiger partial charge >= 0.3 is 0 Å². The Bertz CT molecular complexity index is 680. The highest BCUT2D eigenvalue weighted by atomic mass is 32.1. The summed E-state index contributed by atoms with van der Waals surface area (Å²) in [6.45, 7) is 1.28. The molecular weight excluding hydrogens is 296 g/mol. The summed E-state index contributed by atoms with van der Waals surface area (Å²) in [5, 5.41) is 16.5. The average Bonchev–Trinajstić information content (AvgIpc) is 3.20. The van der Waals surface area contributed by atoms with Gasteiger partial charge in [0.2, 0.25) is 0 Å². The highest BCUT2D eigenvalue weighted by molar-refractivity contribution is 7.09. The van der Waals surface area contributed by atoms with Crippen molar-refractivity contribution in [1.29, 1.82) is 0 Å². The van der Waals surface area contributed by atoms with Gasteiger partial charge in [0.15, 0.2) is 0 Å². The molecular formula is C17H18N2O2S. The van der Waals surface area contributed by atoms with Crippen molar-refractivity contribution in [3.8, 4) is 11.3 Å². The zero-order chi connectivity index (χ0) is 15.2. The van der Waals surface area contributed by atoms with E-state index in [0.717, 1.165) is 16.1 Å². The fourth-order valence-corrected chi connectivity index (χ4v) is 2.83. The molecule has 0 saturated heterocycles. The van der Waals surface area contributed by atoms with Crippen LogP contribution in [0.5, 0.6) is 0 Å². The Morgan fingerprint density at radius 3 is 2.77 bits per heavy atom. The van der Waals surface area contributed by atoms with Gasteiger partial charge in [0, 0.05) is 16.6 Å². The average molecular weight is 314 g/mol. The van der Waals surface area contributed by atoms with Crippen LogP contribution in [-0.2, 0) is 17.9 Å². The van der Waals surface area contributed by atoms with Crippen LogP contribution in [-0.4, -0.2) is 27.6 Å². The molecule has 5 heteroatoms. The zero-order valence-corrected chi connectivity index (χ0v) is 12.9. The van der Waals surface area contributed by atoms with Crippen LogP contribution >= 0.6 is 11.3 Å². The maximum Gasteiger partial charge on any atom is 0.0969 e. The lowest BCUT2D eigenvalue weighted by molar-refractivity contribution is 0.0196. The first-order valence-electron chi connectivity index (χ1n) is 7.18. The molecule has 0 amide bonds. The second-order valence-corrected chi connectivity index (χ2v) is 6.07.